The maximum Gasteiger partial charge on any atom is 0.343 e. The Morgan fingerprint density at radius 2 is 1.39 bits per heavy atom. The molecule has 0 spiro atoms. The highest BCUT2D eigenvalue weighted by atomic mass is 16.5. The SMILES string of the molecule is CCCCCC/C=C/Oc1ccc(C(=O)Oc2ccc(O[C@@H](C)CCCCCC)cc2)cc1. The summed E-state index contributed by atoms with van der Waals surface area (Å²) in [5.74, 6) is 1.58. The highest BCUT2D eigenvalue weighted by Crippen LogP contribution is 2.21. The van der Waals surface area contributed by atoms with Crippen molar-refractivity contribution in [2.75, 3.05) is 0 Å². The lowest BCUT2D eigenvalue weighted by Crippen LogP contribution is -2.11. The molecule has 0 bridgehead atoms. The van der Waals surface area contributed by atoms with Crippen molar-refractivity contribution in [2.24, 2.45) is 0 Å². The van der Waals surface area contributed by atoms with Gasteiger partial charge in [-0.2, -0.15) is 0 Å². The van der Waals surface area contributed by atoms with Crippen LogP contribution in [0, 0.1) is 0 Å². The molecule has 33 heavy (non-hydrogen) atoms. The van der Waals surface area contributed by atoms with Crippen LogP contribution in [0.2, 0.25) is 0 Å². The molecule has 0 aliphatic heterocycles. The van der Waals surface area contributed by atoms with Crippen LogP contribution >= 0.6 is 0 Å². The maximum absolute atomic E-state index is 12.4. The van der Waals surface area contributed by atoms with E-state index in [4.69, 9.17) is 14.2 Å². The highest BCUT2D eigenvalue weighted by Gasteiger charge is 2.10. The van der Waals surface area contributed by atoms with E-state index in [2.05, 4.69) is 20.8 Å². The predicted octanol–water partition coefficient (Wildman–Crippen LogP) is 8.51. The zero-order valence-corrected chi connectivity index (χ0v) is 20.6. The quantitative estimate of drug-likeness (QED) is 0.111. The lowest BCUT2D eigenvalue weighted by Gasteiger charge is -2.15. The van der Waals surface area contributed by atoms with Crippen molar-refractivity contribution in [2.45, 2.75) is 91.1 Å². The average molecular weight is 453 g/mol. The minimum Gasteiger partial charge on any atom is -0.491 e. The molecule has 0 heterocycles. The van der Waals surface area contributed by atoms with Gasteiger partial charge in [0, 0.05) is 0 Å². The molecule has 0 N–H and O–H groups in total. The normalized spacial score (nSPS) is 12.0. The van der Waals surface area contributed by atoms with Crippen molar-refractivity contribution in [3.63, 3.8) is 0 Å². The summed E-state index contributed by atoms with van der Waals surface area (Å²) < 4.78 is 17.0. The van der Waals surface area contributed by atoms with E-state index in [1.807, 2.05) is 18.2 Å². The van der Waals surface area contributed by atoms with E-state index in [-0.39, 0.29) is 6.10 Å². The number of unbranched alkanes of at least 4 members (excludes halogenated alkanes) is 7. The first-order valence-electron chi connectivity index (χ1n) is 12.5. The molecule has 0 aliphatic carbocycles. The molecule has 180 valence electrons. The minimum absolute atomic E-state index is 0.173. The van der Waals surface area contributed by atoms with E-state index in [9.17, 15) is 4.79 Å². The zero-order chi connectivity index (χ0) is 23.7. The number of carbonyl (C=O) groups is 1. The molecule has 0 amide bonds. The van der Waals surface area contributed by atoms with Gasteiger partial charge in [0.2, 0.25) is 0 Å². The number of benzene rings is 2. The van der Waals surface area contributed by atoms with Gasteiger partial charge >= 0.3 is 5.97 Å². The van der Waals surface area contributed by atoms with Gasteiger partial charge in [0.15, 0.2) is 0 Å². The van der Waals surface area contributed by atoms with Crippen LogP contribution < -0.4 is 14.2 Å². The molecular formula is C29H40O4. The smallest absolute Gasteiger partial charge is 0.343 e. The third-order valence-electron chi connectivity index (χ3n) is 5.45. The first kappa shape index (κ1) is 26.5. The maximum atomic E-state index is 12.4. The lowest BCUT2D eigenvalue weighted by molar-refractivity contribution is 0.0734. The minimum atomic E-state index is -0.397. The summed E-state index contributed by atoms with van der Waals surface area (Å²) in [5.41, 5.74) is 0.479. The fourth-order valence-electron chi connectivity index (χ4n) is 3.46. The van der Waals surface area contributed by atoms with Gasteiger partial charge in [-0.15, -0.1) is 0 Å². The van der Waals surface area contributed by atoms with Gasteiger partial charge in [-0.3, -0.25) is 0 Å². The van der Waals surface area contributed by atoms with Gasteiger partial charge in [-0.05, 0) is 87.2 Å². The molecule has 4 heteroatoms. The van der Waals surface area contributed by atoms with Crippen molar-refractivity contribution in [3.8, 4) is 17.2 Å². The molecule has 0 fully saturated rings. The summed E-state index contributed by atoms with van der Waals surface area (Å²) in [6, 6.07) is 14.2. The van der Waals surface area contributed by atoms with Crippen LogP contribution in [0.5, 0.6) is 17.2 Å². The molecule has 0 saturated carbocycles. The fourth-order valence-corrected chi connectivity index (χ4v) is 3.46. The van der Waals surface area contributed by atoms with Crippen LogP contribution in [0.15, 0.2) is 60.9 Å². The second-order valence-electron chi connectivity index (χ2n) is 8.50. The number of ether oxygens (including phenoxy) is 3. The van der Waals surface area contributed by atoms with Crippen LogP contribution in [-0.4, -0.2) is 12.1 Å². The van der Waals surface area contributed by atoms with Crippen molar-refractivity contribution >= 4 is 5.97 Å². The van der Waals surface area contributed by atoms with Crippen LogP contribution in [0.3, 0.4) is 0 Å². The van der Waals surface area contributed by atoms with Gasteiger partial charge in [-0.25, -0.2) is 4.79 Å². The summed E-state index contributed by atoms with van der Waals surface area (Å²) in [7, 11) is 0. The third-order valence-corrected chi connectivity index (χ3v) is 5.45. The molecule has 0 unspecified atom stereocenters. The van der Waals surface area contributed by atoms with Crippen LogP contribution in [0.25, 0.3) is 0 Å². The predicted molar refractivity (Wildman–Crippen MR) is 135 cm³/mol. The van der Waals surface area contributed by atoms with Crippen molar-refractivity contribution < 1.29 is 19.0 Å². The first-order chi connectivity index (χ1) is 16.1. The number of rotatable bonds is 16. The van der Waals surface area contributed by atoms with Crippen LogP contribution in [-0.2, 0) is 0 Å². The summed E-state index contributed by atoms with van der Waals surface area (Å²) in [6.07, 6.45) is 15.9. The second-order valence-corrected chi connectivity index (χ2v) is 8.50. The Bertz CT molecular complexity index is 809. The summed E-state index contributed by atoms with van der Waals surface area (Å²) in [6.45, 7) is 6.52. The van der Waals surface area contributed by atoms with Gasteiger partial charge in [0.05, 0.1) is 17.9 Å². The van der Waals surface area contributed by atoms with Gasteiger partial charge in [0.25, 0.3) is 0 Å². The summed E-state index contributed by atoms with van der Waals surface area (Å²) >= 11 is 0. The molecular weight excluding hydrogens is 412 g/mol. The first-order valence-corrected chi connectivity index (χ1v) is 12.5. The second kappa shape index (κ2) is 16.0. The lowest BCUT2D eigenvalue weighted by atomic mass is 10.1. The Morgan fingerprint density at radius 1 is 0.788 bits per heavy atom. The van der Waals surface area contributed by atoms with Gasteiger partial charge in [0.1, 0.15) is 17.2 Å². The Labute approximate surface area is 200 Å². The number of hydrogen-bond acceptors (Lipinski definition) is 4. The molecule has 2 aromatic rings. The Balaban J connectivity index is 1.75. The van der Waals surface area contributed by atoms with E-state index < -0.39 is 5.97 Å². The zero-order valence-electron chi connectivity index (χ0n) is 20.6. The van der Waals surface area contributed by atoms with Crippen molar-refractivity contribution in [1.82, 2.24) is 0 Å². The third kappa shape index (κ3) is 11.1. The molecule has 0 aromatic heterocycles. The number of allylic oxidation sites excluding steroid dienone is 1. The molecule has 2 rings (SSSR count). The van der Waals surface area contributed by atoms with E-state index in [1.54, 1.807) is 42.7 Å². The van der Waals surface area contributed by atoms with E-state index in [1.165, 1.54) is 51.4 Å². The van der Waals surface area contributed by atoms with E-state index in [0.717, 1.165) is 18.6 Å². The highest BCUT2D eigenvalue weighted by molar-refractivity contribution is 5.91. The fraction of sp³-hybridized carbons (Fsp3) is 0.483. The molecule has 4 nitrogen and oxygen atoms in total. The molecule has 1 atom stereocenters. The number of carbonyl (C=O) groups excluding carboxylic acids is 1. The molecule has 0 radical (unpaired) electrons. The Hall–Kier alpha value is -2.75. The topological polar surface area (TPSA) is 44.8 Å². The number of esters is 1. The monoisotopic (exact) mass is 452 g/mol. The van der Waals surface area contributed by atoms with Crippen molar-refractivity contribution in [1.29, 1.82) is 0 Å². The standard InChI is InChI=1S/C29H40O4/c1-4-6-8-10-11-13-23-31-26-17-15-25(16-18-26)29(30)33-28-21-19-27(20-22-28)32-24(3)14-12-9-7-5-2/h13,15-24H,4-12,14H2,1-3H3/b23-13+/t24-/m0/s1. The van der Waals surface area contributed by atoms with Gasteiger partial charge in [-0.1, -0.05) is 52.4 Å². The summed E-state index contributed by atoms with van der Waals surface area (Å²) in [5, 5.41) is 0. The summed E-state index contributed by atoms with van der Waals surface area (Å²) in [4.78, 5) is 12.4. The molecule has 0 aliphatic rings. The average Bonchev–Trinajstić information content (AvgIpc) is 2.83. The molecule has 0 saturated heterocycles. The number of hydrogen-bond donors (Lipinski definition) is 0. The van der Waals surface area contributed by atoms with Crippen molar-refractivity contribution in [3.05, 3.63) is 66.4 Å². The Kier molecular flexibility index (Phi) is 12.8. The van der Waals surface area contributed by atoms with Crippen LogP contribution in [0.4, 0.5) is 0 Å². The molecule has 2 aromatic carbocycles. The van der Waals surface area contributed by atoms with Gasteiger partial charge < -0.3 is 14.2 Å². The Morgan fingerprint density at radius 3 is 2.06 bits per heavy atom. The largest absolute Gasteiger partial charge is 0.491 e. The van der Waals surface area contributed by atoms with E-state index in [0.29, 0.717) is 17.1 Å². The van der Waals surface area contributed by atoms with Crippen LogP contribution in [0.1, 0.15) is 95.3 Å². The van der Waals surface area contributed by atoms with E-state index >= 15 is 0 Å².